The van der Waals surface area contributed by atoms with Gasteiger partial charge in [-0.1, -0.05) is 25.9 Å². The highest BCUT2D eigenvalue weighted by Gasteiger charge is 2.59. The summed E-state index contributed by atoms with van der Waals surface area (Å²) in [5.41, 5.74) is 9.33. The van der Waals surface area contributed by atoms with E-state index in [1.54, 1.807) is 0 Å². The van der Waals surface area contributed by atoms with Crippen molar-refractivity contribution in [1.82, 2.24) is 0 Å². The second-order valence-electron chi connectivity index (χ2n) is 11.5. The summed E-state index contributed by atoms with van der Waals surface area (Å²) in [5, 5.41) is 4.33. The zero-order valence-electron chi connectivity index (χ0n) is 21.1. The van der Waals surface area contributed by atoms with Gasteiger partial charge in [0.25, 0.3) is 0 Å². The lowest BCUT2D eigenvalue weighted by Gasteiger charge is -2.36. The Bertz CT molecular complexity index is 719. The minimum absolute atomic E-state index is 0.155. The lowest BCUT2D eigenvalue weighted by atomic mass is 9.85. The number of nitrogens with zero attached hydrogens (tertiary/aromatic N) is 3. The van der Waals surface area contributed by atoms with E-state index < -0.39 is 26.2 Å². The third-order valence-electron chi connectivity index (χ3n) is 7.09. The maximum absolute atomic E-state index is 9.33. The van der Waals surface area contributed by atoms with Gasteiger partial charge in [0.05, 0.1) is 12.7 Å². The molecule has 3 saturated heterocycles. The van der Waals surface area contributed by atoms with E-state index in [4.69, 9.17) is 28.1 Å². The number of hydrogen-bond donors (Lipinski definition) is 0. The lowest BCUT2D eigenvalue weighted by molar-refractivity contribution is -0.228. The minimum atomic E-state index is -1.83. The number of ether oxygens (including phenoxy) is 5. The second-order valence-corrected chi connectivity index (χ2v) is 16.3. The Labute approximate surface area is 193 Å². The van der Waals surface area contributed by atoms with Gasteiger partial charge < -0.3 is 28.1 Å². The van der Waals surface area contributed by atoms with Crippen molar-refractivity contribution in [2.45, 2.75) is 122 Å². The van der Waals surface area contributed by atoms with E-state index in [9.17, 15) is 5.53 Å². The van der Waals surface area contributed by atoms with Crippen molar-refractivity contribution >= 4 is 8.32 Å². The standard InChI is InChI=1S/C22H41N3O6Si/c1-20(2,3)32(8,9)27-12-10-11-14(24-25-23)16-17(15-13-26-21(4,5)29-15)28-19-18(16)30-22(6,7)31-19/h14-19H,10-13H2,1-9H3/t14-,15+,16+,17+,18+,19+/m0/s1. The zero-order chi connectivity index (χ0) is 23.9. The second kappa shape index (κ2) is 9.15. The molecule has 10 heteroatoms. The predicted octanol–water partition coefficient (Wildman–Crippen LogP) is 5.11. The Morgan fingerprint density at radius 3 is 2.34 bits per heavy atom. The summed E-state index contributed by atoms with van der Waals surface area (Å²) in [4.78, 5) is 3.16. The van der Waals surface area contributed by atoms with Crippen LogP contribution in [0, 0.1) is 5.92 Å². The topological polar surface area (TPSA) is 104 Å². The zero-order valence-corrected chi connectivity index (χ0v) is 22.1. The summed E-state index contributed by atoms with van der Waals surface area (Å²) in [6.07, 6.45) is -0.0244. The molecule has 0 aromatic rings. The molecule has 0 radical (unpaired) electrons. The molecule has 3 rings (SSSR count). The van der Waals surface area contributed by atoms with Crippen LogP contribution in [0.3, 0.4) is 0 Å². The Balaban J connectivity index is 1.72. The van der Waals surface area contributed by atoms with Crippen LogP contribution in [-0.4, -0.2) is 63.7 Å². The highest BCUT2D eigenvalue weighted by Crippen LogP contribution is 2.46. The average Bonchev–Trinajstić information content (AvgIpc) is 3.25. The van der Waals surface area contributed by atoms with Crippen LogP contribution in [0.2, 0.25) is 18.1 Å². The van der Waals surface area contributed by atoms with Gasteiger partial charge in [-0.05, 0) is 64.2 Å². The molecule has 0 amide bonds. The number of azide groups is 1. The molecule has 3 aliphatic heterocycles. The van der Waals surface area contributed by atoms with E-state index >= 15 is 0 Å². The Kier molecular flexibility index (Phi) is 7.41. The van der Waals surface area contributed by atoms with E-state index in [1.807, 2.05) is 27.7 Å². The third-order valence-corrected chi connectivity index (χ3v) is 11.6. The fraction of sp³-hybridized carbons (Fsp3) is 1.00. The highest BCUT2D eigenvalue weighted by molar-refractivity contribution is 6.74. The van der Waals surface area contributed by atoms with Crippen molar-refractivity contribution < 1.29 is 28.1 Å². The van der Waals surface area contributed by atoms with Crippen LogP contribution >= 0.6 is 0 Å². The Hall–Kier alpha value is -0.713. The molecule has 0 saturated carbocycles. The fourth-order valence-corrected chi connectivity index (χ4v) is 5.52. The molecule has 0 aromatic heterocycles. The average molecular weight is 472 g/mol. The predicted molar refractivity (Wildman–Crippen MR) is 122 cm³/mol. The third kappa shape index (κ3) is 5.67. The van der Waals surface area contributed by atoms with Crippen LogP contribution in [0.25, 0.3) is 10.4 Å². The van der Waals surface area contributed by atoms with Gasteiger partial charge in [-0.3, -0.25) is 0 Å². The molecule has 0 spiro atoms. The quantitative estimate of drug-likeness (QED) is 0.160. The first-order chi connectivity index (χ1) is 14.7. The van der Waals surface area contributed by atoms with Gasteiger partial charge in [0.15, 0.2) is 26.2 Å². The van der Waals surface area contributed by atoms with Crippen molar-refractivity contribution in [3.05, 3.63) is 10.4 Å². The van der Waals surface area contributed by atoms with Gasteiger partial charge in [-0.2, -0.15) is 0 Å². The van der Waals surface area contributed by atoms with E-state index in [2.05, 4.69) is 43.9 Å². The van der Waals surface area contributed by atoms with Gasteiger partial charge in [-0.25, -0.2) is 0 Å². The van der Waals surface area contributed by atoms with Crippen LogP contribution in [0.4, 0.5) is 0 Å². The van der Waals surface area contributed by atoms with Crippen molar-refractivity contribution in [3.63, 3.8) is 0 Å². The van der Waals surface area contributed by atoms with Gasteiger partial charge >= 0.3 is 0 Å². The first-order valence-electron chi connectivity index (χ1n) is 11.7. The van der Waals surface area contributed by atoms with E-state index in [1.165, 1.54) is 0 Å². The number of rotatable bonds is 8. The molecular formula is C22H41N3O6Si. The normalized spacial score (nSPS) is 34.8. The SMILES string of the molecule is CC1(C)O[C@H]2O[C@H]([C@H]3COC(C)(C)O3)[C@@H]([C@H](CCCO[Si](C)(C)C(C)(C)C)N=[N+]=[N-])[C@H]2O1. The number of hydrogen-bond acceptors (Lipinski definition) is 7. The summed E-state index contributed by atoms with van der Waals surface area (Å²) in [6, 6.07) is -0.326. The van der Waals surface area contributed by atoms with Crippen LogP contribution in [0.1, 0.15) is 61.3 Å². The monoisotopic (exact) mass is 471 g/mol. The van der Waals surface area contributed by atoms with E-state index in [0.717, 1.165) is 6.42 Å². The van der Waals surface area contributed by atoms with E-state index in [0.29, 0.717) is 19.6 Å². The summed E-state index contributed by atoms with van der Waals surface area (Å²) in [7, 11) is -1.83. The molecule has 32 heavy (non-hydrogen) atoms. The molecule has 0 aliphatic carbocycles. The largest absolute Gasteiger partial charge is 0.417 e. The summed E-state index contributed by atoms with van der Waals surface area (Å²) < 4.78 is 36.7. The van der Waals surface area contributed by atoms with Gasteiger partial charge in [0, 0.05) is 23.5 Å². The fourth-order valence-electron chi connectivity index (χ4n) is 4.44. The van der Waals surface area contributed by atoms with Crippen molar-refractivity contribution in [2.24, 2.45) is 11.0 Å². The molecule has 0 N–H and O–H groups in total. The minimum Gasteiger partial charge on any atom is -0.417 e. The molecule has 6 atom stereocenters. The summed E-state index contributed by atoms with van der Waals surface area (Å²) in [5.74, 6) is -1.63. The molecule has 3 fully saturated rings. The first-order valence-corrected chi connectivity index (χ1v) is 14.6. The van der Waals surface area contributed by atoms with E-state index in [-0.39, 0.29) is 35.3 Å². The maximum Gasteiger partial charge on any atom is 0.191 e. The van der Waals surface area contributed by atoms with Crippen molar-refractivity contribution in [3.8, 4) is 0 Å². The Morgan fingerprint density at radius 1 is 1.09 bits per heavy atom. The first kappa shape index (κ1) is 25.9. The summed E-state index contributed by atoms with van der Waals surface area (Å²) in [6.45, 7) is 19.7. The van der Waals surface area contributed by atoms with Crippen LogP contribution < -0.4 is 0 Å². The Morgan fingerprint density at radius 2 is 1.78 bits per heavy atom. The maximum atomic E-state index is 9.33. The molecule has 9 nitrogen and oxygen atoms in total. The lowest BCUT2D eigenvalue weighted by Crippen LogP contribution is -2.44. The van der Waals surface area contributed by atoms with Gasteiger partial charge in [0.1, 0.15) is 12.2 Å². The number of fused-ring (bicyclic) bond motifs is 1. The van der Waals surface area contributed by atoms with Crippen LogP contribution in [0.15, 0.2) is 5.11 Å². The smallest absolute Gasteiger partial charge is 0.191 e. The molecular weight excluding hydrogens is 430 g/mol. The molecule has 184 valence electrons. The molecule has 3 aliphatic rings. The highest BCUT2D eigenvalue weighted by atomic mass is 28.4. The molecule has 0 aromatic carbocycles. The van der Waals surface area contributed by atoms with Crippen molar-refractivity contribution in [1.29, 1.82) is 0 Å². The van der Waals surface area contributed by atoms with Crippen molar-refractivity contribution in [2.75, 3.05) is 13.2 Å². The van der Waals surface area contributed by atoms with Crippen LogP contribution in [0.5, 0.6) is 0 Å². The molecule has 0 bridgehead atoms. The molecule has 0 unspecified atom stereocenters. The van der Waals surface area contributed by atoms with Gasteiger partial charge in [0.2, 0.25) is 0 Å². The summed E-state index contributed by atoms with van der Waals surface area (Å²) >= 11 is 0. The van der Waals surface area contributed by atoms with Crippen LogP contribution in [-0.2, 0) is 28.1 Å². The van der Waals surface area contributed by atoms with Gasteiger partial charge in [-0.15, -0.1) is 0 Å². The molecule has 3 heterocycles.